The van der Waals surface area contributed by atoms with Gasteiger partial charge in [-0.25, -0.2) is 0 Å². The summed E-state index contributed by atoms with van der Waals surface area (Å²) in [5.41, 5.74) is 8.68. The predicted molar refractivity (Wildman–Crippen MR) is 82.9 cm³/mol. The number of aromatic nitrogens is 1. The molecule has 3 N–H and O–H groups in total. The molecule has 1 amide bonds. The van der Waals surface area contributed by atoms with Crippen LogP contribution in [0.15, 0.2) is 30.0 Å². The van der Waals surface area contributed by atoms with E-state index in [4.69, 9.17) is 5.73 Å². The first-order valence-corrected chi connectivity index (χ1v) is 7.66. The quantitative estimate of drug-likeness (QED) is 0.849. The van der Waals surface area contributed by atoms with E-state index in [9.17, 15) is 4.79 Å². The first-order valence-electron chi connectivity index (χ1n) is 6.85. The molecule has 0 spiro atoms. The Hall–Kier alpha value is -1.88. The minimum absolute atomic E-state index is 0.0934. The molecule has 0 unspecified atom stereocenters. The number of fused-ring (bicyclic) bond motifs is 1. The van der Waals surface area contributed by atoms with Crippen LogP contribution in [0.5, 0.6) is 0 Å². The second-order valence-electron chi connectivity index (χ2n) is 4.96. The molecule has 2 aromatic heterocycles. The highest BCUT2D eigenvalue weighted by molar-refractivity contribution is 7.21. The lowest BCUT2D eigenvalue weighted by molar-refractivity contribution is 0.0959. The van der Waals surface area contributed by atoms with Crippen molar-refractivity contribution < 1.29 is 4.79 Å². The topological polar surface area (TPSA) is 68.0 Å². The molecule has 0 saturated heterocycles. The number of allylic oxidation sites excluding steroid dienone is 1. The van der Waals surface area contributed by atoms with Gasteiger partial charge >= 0.3 is 0 Å². The summed E-state index contributed by atoms with van der Waals surface area (Å²) < 4.78 is 0.952. The summed E-state index contributed by atoms with van der Waals surface area (Å²) in [4.78, 5) is 17.0. The second-order valence-corrected chi connectivity index (χ2v) is 6.01. The van der Waals surface area contributed by atoms with E-state index in [1.807, 2.05) is 12.1 Å². The van der Waals surface area contributed by atoms with Gasteiger partial charge < -0.3 is 11.1 Å². The van der Waals surface area contributed by atoms with Gasteiger partial charge in [0, 0.05) is 12.7 Å². The number of pyridine rings is 1. The number of nitrogens with two attached hydrogens (primary N) is 1. The van der Waals surface area contributed by atoms with Crippen molar-refractivity contribution >= 4 is 33.1 Å². The van der Waals surface area contributed by atoms with Crippen molar-refractivity contribution in [3.8, 4) is 0 Å². The molecule has 4 nitrogen and oxygen atoms in total. The fourth-order valence-corrected chi connectivity index (χ4v) is 3.49. The van der Waals surface area contributed by atoms with Gasteiger partial charge in [-0.3, -0.25) is 9.78 Å². The number of amides is 1. The smallest absolute Gasteiger partial charge is 0.263 e. The SMILES string of the molecule is Nc1c(C(=O)NCCC2=CCCC2)sc2cccnc12. The molecular weight excluding hydrogens is 270 g/mol. The molecule has 5 heteroatoms. The number of hydrogen-bond donors (Lipinski definition) is 2. The number of nitrogens with one attached hydrogen (secondary N) is 1. The number of rotatable bonds is 4. The number of carbonyl (C=O) groups is 1. The van der Waals surface area contributed by atoms with Gasteiger partial charge in [-0.1, -0.05) is 11.6 Å². The van der Waals surface area contributed by atoms with Gasteiger partial charge in [0.05, 0.1) is 10.4 Å². The average molecular weight is 287 g/mol. The Labute approximate surface area is 121 Å². The Bertz CT molecular complexity index is 675. The molecule has 20 heavy (non-hydrogen) atoms. The molecule has 0 aliphatic heterocycles. The predicted octanol–water partition coefficient (Wildman–Crippen LogP) is 3.11. The van der Waals surface area contributed by atoms with Gasteiger partial charge in [-0.05, 0) is 37.8 Å². The van der Waals surface area contributed by atoms with E-state index in [1.54, 1.807) is 6.20 Å². The van der Waals surface area contributed by atoms with Gasteiger partial charge in [0.2, 0.25) is 0 Å². The van der Waals surface area contributed by atoms with E-state index in [0.717, 1.165) is 16.6 Å². The molecular formula is C15H17N3OS. The number of nitrogen functional groups attached to an aromatic ring is 1. The maximum atomic E-state index is 12.2. The highest BCUT2D eigenvalue weighted by Gasteiger charge is 2.16. The van der Waals surface area contributed by atoms with Crippen molar-refractivity contribution in [2.75, 3.05) is 12.3 Å². The van der Waals surface area contributed by atoms with E-state index < -0.39 is 0 Å². The first kappa shape index (κ1) is 13.1. The van der Waals surface area contributed by atoms with Crippen LogP contribution in [0.2, 0.25) is 0 Å². The lowest BCUT2D eigenvalue weighted by Gasteiger charge is -2.05. The third kappa shape index (κ3) is 2.54. The lowest BCUT2D eigenvalue weighted by Crippen LogP contribution is -2.24. The Morgan fingerprint density at radius 2 is 2.40 bits per heavy atom. The molecule has 0 saturated carbocycles. The molecule has 1 aliphatic carbocycles. The van der Waals surface area contributed by atoms with Gasteiger partial charge in [0.1, 0.15) is 10.4 Å². The van der Waals surface area contributed by atoms with Crippen molar-refractivity contribution in [3.63, 3.8) is 0 Å². The van der Waals surface area contributed by atoms with E-state index in [0.29, 0.717) is 17.1 Å². The van der Waals surface area contributed by atoms with Gasteiger partial charge in [-0.2, -0.15) is 0 Å². The Kier molecular flexibility index (Phi) is 3.69. The van der Waals surface area contributed by atoms with Crippen LogP contribution in [0.4, 0.5) is 5.69 Å². The molecule has 0 radical (unpaired) electrons. The summed E-state index contributed by atoms with van der Waals surface area (Å²) in [5.74, 6) is -0.0934. The summed E-state index contributed by atoms with van der Waals surface area (Å²) in [5, 5.41) is 2.95. The molecule has 1 aliphatic rings. The standard InChI is InChI=1S/C15H17N3OS/c16-12-13-11(6-3-8-17-13)20-14(12)15(19)18-9-7-10-4-1-2-5-10/h3-4,6,8H,1-2,5,7,9,16H2,(H,18,19). The minimum Gasteiger partial charge on any atom is -0.396 e. The maximum absolute atomic E-state index is 12.2. The van der Waals surface area contributed by atoms with Crippen LogP contribution in [0.25, 0.3) is 10.2 Å². The second kappa shape index (κ2) is 5.63. The van der Waals surface area contributed by atoms with Gasteiger partial charge in [-0.15, -0.1) is 11.3 Å². The summed E-state index contributed by atoms with van der Waals surface area (Å²) in [6.07, 6.45) is 8.51. The Morgan fingerprint density at radius 3 is 3.15 bits per heavy atom. The van der Waals surface area contributed by atoms with Crippen LogP contribution in [0, 0.1) is 0 Å². The molecule has 0 aromatic carbocycles. The van der Waals surface area contributed by atoms with Crippen molar-refractivity contribution in [2.45, 2.75) is 25.7 Å². The molecule has 104 valence electrons. The summed E-state index contributed by atoms with van der Waals surface area (Å²) >= 11 is 1.40. The zero-order valence-corrected chi connectivity index (χ0v) is 12.0. The molecule has 0 atom stereocenters. The summed E-state index contributed by atoms with van der Waals surface area (Å²) in [7, 11) is 0. The fourth-order valence-electron chi connectivity index (χ4n) is 2.50. The highest BCUT2D eigenvalue weighted by Crippen LogP contribution is 2.31. The average Bonchev–Trinajstić information content (AvgIpc) is 3.08. The van der Waals surface area contributed by atoms with Crippen molar-refractivity contribution in [3.05, 3.63) is 34.9 Å². The molecule has 2 aromatic rings. The largest absolute Gasteiger partial charge is 0.396 e. The van der Waals surface area contributed by atoms with E-state index in [1.165, 1.54) is 36.2 Å². The number of carbonyl (C=O) groups excluding carboxylic acids is 1. The molecule has 2 heterocycles. The zero-order valence-electron chi connectivity index (χ0n) is 11.2. The number of hydrogen-bond acceptors (Lipinski definition) is 4. The third-order valence-electron chi connectivity index (χ3n) is 3.56. The monoisotopic (exact) mass is 287 g/mol. The molecule has 0 fully saturated rings. The number of anilines is 1. The molecule has 3 rings (SSSR count). The normalized spacial score (nSPS) is 14.5. The zero-order chi connectivity index (χ0) is 13.9. The fraction of sp³-hybridized carbons (Fsp3) is 0.333. The van der Waals surface area contributed by atoms with Crippen LogP contribution in [-0.4, -0.2) is 17.4 Å². The molecule has 0 bridgehead atoms. The van der Waals surface area contributed by atoms with Crippen LogP contribution >= 0.6 is 11.3 Å². The Morgan fingerprint density at radius 1 is 1.50 bits per heavy atom. The van der Waals surface area contributed by atoms with Crippen LogP contribution in [0.1, 0.15) is 35.4 Å². The van der Waals surface area contributed by atoms with Crippen LogP contribution in [-0.2, 0) is 0 Å². The van der Waals surface area contributed by atoms with Gasteiger partial charge in [0.25, 0.3) is 5.91 Å². The van der Waals surface area contributed by atoms with E-state index in [2.05, 4.69) is 16.4 Å². The Balaban J connectivity index is 1.67. The van der Waals surface area contributed by atoms with Crippen molar-refractivity contribution in [1.29, 1.82) is 0 Å². The van der Waals surface area contributed by atoms with Crippen LogP contribution < -0.4 is 11.1 Å². The summed E-state index contributed by atoms with van der Waals surface area (Å²) in [6.45, 7) is 0.672. The van der Waals surface area contributed by atoms with Crippen LogP contribution in [0.3, 0.4) is 0 Å². The van der Waals surface area contributed by atoms with Crippen molar-refractivity contribution in [2.24, 2.45) is 0 Å². The first-order chi connectivity index (χ1) is 9.75. The number of nitrogens with zero attached hydrogens (tertiary/aromatic N) is 1. The number of thiophene rings is 1. The highest BCUT2D eigenvalue weighted by atomic mass is 32.1. The van der Waals surface area contributed by atoms with Crippen molar-refractivity contribution in [1.82, 2.24) is 10.3 Å². The maximum Gasteiger partial charge on any atom is 0.263 e. The minimum atomic E-state index is -0.0934. The summed E-state index contributed by atoms with van der Waals surface area (Å²) in [6, 6.07) is 3.79. The lowest BCUT2D eigenvalue weighted by atomic mass is 10.2. The third-order valence-corrected chi connectivity index (χ3v) is 4.71. The van der Waals surface area contributed by atoms with E-state index in [-0.39, 0.29) is 5.91 Å². The van der Waals surface area contributed by atoms with Gasteiger partial charge in [0.15, 0.2) is 0 Å². The van der Waals surface area contributed by atoms with E-state index >= 15 is 0 Å².